The van der Waals surface area contributed by atoms with Gasteiger partial charge in [-0.2, -0.15) is 8.78 Å². The molecule has 13 heavy (non-hydrogen) atoms. The third-order valence-electron chi connectivity index (χ3n) is 1.71. The third kappa shape index (κ3) is 2.34. The van der Waals surface area contributed by atoms with E-state index in [9.17, 15) is 13.6 Å². The van der Waals surface area contributed by atoms with E-state index < -0.39 is 11.7 Å². The molecule has 0 aliphatic carbocycles. The summed E-state index contributed by atoms with van der Waals surface area (Å²) in [6, 6.07) is 6.10. The van der Waals surface area contributed by atoms with Crippen LogP contribution in [0.3, 0.4) is 0 Å². The fourth-order valence-corrected chi connectivity index (χ4v) is 0.958. The van der Waals surface area contributed by atoms with Gasteiger partial charge in [-0.15, -0.1) is 0 Å². The van der Waals surface area contributed by atoms with Crippen molar-refractivity contribution in [3.05, 3.63) is 35.4 Å². The van der Waals surface area contributed by atoms with Crippen molar-refractivity contribution in [2.45, 2.75) is 19.8 Å². The summed E-state index contributed by atoms with van der Waals surface area (Å²) in [5.41, 5.74) is 0.995. The van der Waals surface area contributed by atoms with Crippen molar-refractivity contribution in [2.75, 3.05) is 0 Å². The van der Waals surface area contributed by atoms with Crippen molar-refractivity contribution in [3.63, 3.8) is 0 Å². The van der Waals surface area contributed by atoms with Crippen molar-refractivity contribution in [3.8, 4) is 0 Å². The molecule has 1 nitrogen and oxygen atoms in total. The van der Waals surface area contributed by atoms with Gasteiger partial charge in [0.2, 0.25) is 5.78 Å². The molecular formula is C10H10F2O. The first kappa shape index (κ1) is 9.84. The van der Waals surface area contributed by atoms with E-state index in [1.54, 1.807) is 12.1 Å². The minimum atomic E-state index is -3.28. The van der Waals surface area contributed by atoms with E-state index in [2.05, 4.69) is 0 Å². The Kier molecular flexibility index (Phi) is 2.45. The molecule has 0 heterocycles. The lowest BCUT2D eigenvalue weighted by Crippen LogP contribution is -2.24. The SMILES string of the molecule is Cc1ccc(C(=O)C(C)(F)F)cc1. The average Bonchev–Trinajstić information content (AvgIpc) is 2.03. The Bertz CT molecular complexity index is 309. The quantitative estimate of drug-likeness (QED) is 0.646. The first-order chi connectivity index (χ1) is 5.91. The van der Waals surface area contributed by atoms with Gasteiger partial charge in [0.25, 0.3) is 0 Å². The summed E-state index contributed by atoms with van der Waals surface area (Å²) >= 11 is 0. The predicted octanol–water partition coefficient (Wildman–Crippen LogP) is 2.83. The summed E-state index contributed by atoms with van der Waals surface area (Å²) in [5.74, 6) is -4.41. The van der Waals surface area contributed by atoms with Crippen molar-refractivity contribution in [2.24, 2.45) is 0 Å². The zero-order valence-corrected chi connectivity index (χ0v) is 7.47. The third-order valence-corrected chi connectivity index (χ3v) is 1.71. The van der Waals surface area contributed by atoms with Crippen molar-refractivity contribution < 1.29 is 13.6 Å². The van der Waals surface area contributed by atoms with Crippen LogP contribution in [-0.4, -0.2) is 11.7 Å². The Morgan fingerprint density at radius 3 is 2.08 bits per heavy atom. The number of carbonyl (C=O) groups excluding carboxylic acids is 1. The molecule has 1 aromatic carbocycles. The highest BCUT2D eigenvalue weighted by atomic mass is 19.3. The van der Waals surface area contributed by atoms with Crippen LogP contribution in [0.5, 0.6) is 0 Å². The second kappa shape index (κ2) is 3.24. The van der Waals surface area contributed by atoms with Gasteiger partial charge in [-0.3, -0.25) is 4.79 Å². The molecule has 0 aromatic heterocycles. The van der Waals surface area contributed by atoms with Gasteiger partial charge in [-0.25, -0.2) is 0 Å². The van der Waals surface area contributed by atoms with Crippen LogP contribution < -0.4 is 0 Å². The highest BCUT2D eigenvalue weighted by Gasteiger charge is 2.32. The molecule has 0 fully saturated rings. The van der Waals surface area contributed by atoms with Crippen LogP contribution in [0, 0.1) is 6.92 Å². The van der Waals surface area contributed by atoms with Gasteiger partial charge in [0.05, 0.1) is 0 Å². The molecule has 70 valence electrons. The highest BCUT2D eigenvalue weighted by Crippen LogP contribution is 2.19. The summed E-state index contributed by atoms with van der Waals surface area (Å²) in [6.07, 6.45) is 0. The second-order valence-corrected chi connectivity index (χ2v) is 3.08. The normalized spacial score (nSPS) is 11.4. The zero-order chi connectivity index (χ0) is 10.1. The van der Waals surface area contributed by atoms with Gasteiger partial charge in [0.15, 0.2) is 0 Å². The van der Waals surface area contributed by atoms with Crippen LogP contribution in [0.15, 0.2) is 24.3 Å². The molecule has 0 aliphatic rings. The fraction of sp³-hybridized carbons (Fsp3) is 0.300. The number of halogens is 2. The predicted molar refractivity (Wildman–Crippen MR) is 46.1 cm³/mol. The summed E-state index contributed by atoms with van der Waals surface area (Å²) in [5, 5.41) is 0. The van der Waals surface area contributed by atoms with Crippen LogP contribution in [0.4, 0.5) is 8.78 Å². The van der Waals surface area contributed by atoms with Crippen molar-refractivity contribution in [1.82, 2.24) is 0 Å². The first-order valence-electron chi connectivity index (χ1n) is 3.90. The summed E-state index contributed by atoms with van der Waals surface area (Å²) < 4.78 is 25.1. The summed E-state index contributed by atoms with van der Waals surface area (Å²) in [4.78, 5) is 11.0. The van der Waals surface area contributed by atoms with Crippen LogP contribution in [0.2, 0.25) is 0 Å². The molecule has 0 radical (unpaired) electrons. The molecule has 0 N–H and O–H groups in total. The number of Topliss-reactive ketones (excluding diaryl/α,β-unsaturated/α-hetero) is 1. The van der Waals surface area contributed by atoms with E-state index in [1.807, 2.05) is 6.92 Å². The van der Waals surface area contributed by atoms with Crippen LogP contribution >= 0.6 is 0 Å². The van der Waals surface area contributed by atoms with Gasteiger partial charge in [0, 0.05) is 12.5 Å². The largest absolute Gasteiger partial charge is 0.307 e. The lowest BCUT2D eigenvalue weighted by atomic mass is 10.1. The summed E-state index contributed by atoms with van der Waals surface area (Å²) in [7, 11) is 0. The molecule has 0 atom stereocenters. The van der Waals surface area contributed by atoms with E-state index in [0.717, 1.165) is 5.56 Å². The van der Waals surface area contributed by atoms with Gasteiger partial charge >= 0.3 is 5.92 Å². The Balaban J connectivity index is 2.97. The molecule has 0 amide bonds. The first-order valence-corrected chi connectivity index (χ1v) is 3.90. The highest BCUT2D eigenvalue weighted by molar-refractivity contribution is 6.00. The topological polar surface area (TPSA) is 17.1 Å². The maximum atomic E-state index is 12.6. The molecule has 0 spiro atoms. The standard InChI is InChI=1S/C10H10F2O/c1-7-3-5-8(6-4-7)9(13)10(2,11)12/h3-6H,1-2H3. The molecule has 0 aliphatic heterocycles. The van der Waals surface area contributed by atoms with Crippen LogP contribution in [-0.2, 0) is 0 Å². The van der Waals surface area contributed by atoms with Gasteiger partial charge in [0.1, 0.15) is 0 Å². The Hall–Kier alpha value is -1.25. The number of aryl methyl sites for hydroxylation is 1. The van der Waals surface area contributed by atoms with Crippen LogP contribution in [0.25, 0.3) is 0 Å². The van der Waals surface area contributed by atoms with E-state index in [4.69, 9.17) is 0 Å². The van der Waals surface area contributed by atoms with Crippen molar-refractivity contribution in [1.29, 1.82) is 0 Å². The number of alkyl halides is 2. The van der Waals surface area contributed by atoms with Gasteiger partial charge in [-0.1, -0.05) is 29.8 Å². The second-order valence-electron chi connectivity index (χ2n) is 3.08. The fourth-order valence-electron chi connectivity index (χ4n) is 0.958. The Morgan fingerprint density at radius 2 is 1.69 bits per heavy atom. The number of rotatable bonds is 2. The monoisotopic (exact) mass is 184 g/mol. The number of hydrogen-bond acceptors (Lipinski definition) is 1. The molecule has 1 rings (SSSR count). The van der Waals surface area contributed by atoms with Crippen molar-refractivity contribution >= 4 is 5.78 Å². The Labute approximate surface area is 75.4 Å². The molecule has 0 saturated carbocycles. The summed E-state index contributed by atoms with van der Waals surface area (Å²) in [6.45, 7) is 2.44. The lowest BCUT2D eigenvalue weighted by molar-refractivity contribution is 0.0221. The van der Waals surface area contributed by atoms with E-state index >= 15 is 0 Å². The van der Waals surface area contributed by atoms with Gasteiger partial charge < -0.3 is 0 Å². The number of benzene rings is 1. The maximum absolute atomic E-state index is 12.6. The van der Waals surface area contributed by atoms with E-state index in [1.165, 1.54) is 12.1 Å². The average molecular weight is 184 g/mol. The molecular weight excluding hydrogens is 174 g/mol. The Morgan fingerprint density at radius 1 is 1.23 bits per heavy atom. The minimum absolute atomic E-state index is 0.0538. The van der Waals surface area contributed by atoms with Gasteiger partial charge in [-0.05, 0) is 6.92 Å². The number of hydrogen-bond donors (Lipinski definition) is 0. The molecule has 3 heteroatoms. The molecule has 0 saturated heterocycles. The minimum Gasteiger partial charge on any atom is -0.287 e. The van der Waals surface area contributed by atoms with Crippen LogP contribution in [0.1, 0.15) is 22.8 Å². The zero-order valence-electron chi connectivity index (χ0n) is 7.47. The number of ketones is 1. The molecule has 0 bridgehead atoms. The molecule has 1 aromatic rings. The smallest absolute Gasteiger partial charge is 0.287 e. The lowest BCUT2D eigenvalue weighted by Gasteiger charge is -2.08. The maximum Gasteiger partial charge on any atom is 0.307 e. The number of carbonyl (C=O) groups is 1. The van der Waals surface area contributed by atoms with E-state index in [0.29, 0.717) is 6.92 Å². The molecule has 0 unspecified atom stereocenters. The van der Waals surface area contributed by atoms with E-state index in [-0.39, 0.29) is 5.56 Å².